The van der Waals surface area contributed by atoms with Crippen LogP contribution in [-0.2, 0) is 0 Å². The Labute approximate surface area is 97.9 Å². The fourth-order valence-corrected chi connectivity index (χ4v) is 2.08. The second kappa shape index (κ2) is 6.06. The lowest BCUT2D eigenvalue weighted by molar-refractivity contribution is 0.187. The second-order valence-electron chi connectivity index (χ2n) is 4.70. The number of aliphatic imine (C=N–C) groups is 1. The van der Waals surface area contributed by atoms with E-state index in [1.54, 1.807) is 0 Å². The first-order chi connectivity index (χ1) is 7.54. The van der Waals surface area contributed by atoms with Crippen LogP contribution in [0.5, 0.6) is 0 Å². The minimum atomic E-state index is -0.277. The molecule has 5 nitrogen and oxygen atoms in total. The molecule has 2 unspecified atom stereocenters. The van der Waals surface area contributed by atoms with Gasteiger partial charge in [-0.15, -0.1) is 0 Å². The topological polar surface area (TPSA) is 65.1 Å². The Morgan fingerprint density at radius 3 is 2.81 bits per heavy atom. The van der Waals surface area contributed by atoms with Crippen LogP contribution in [-0.4, -0.2) is 66.7 Å². The number of guanidine groups is 1. The Balaban J connectivity index is 2.61. The number of β-amino-alcohol motifs (C(OH)–C–C–N with tert-alkyl or cyclic N) is 1. The third kappa shape index (κ3) is 3.64. The molecule has 1 aliphatic rings. The number of aliphatic hydroxyl groups excluding tert-OH is 1. The van der Waals surface area contributed by atoms with Crippen LogP contribution in [0.1, 0.15) is 19.8 Å². The highest BCUT2D eigenvalue weighted by Crippen LogP contribution is 2.17. The van der Waals surface area contributed by atoms with Gasteiger partial charge in [-0.3, -0.25) is 4.99 Å². The first kappa shape index (κ1) is 13.3. The van der Waals surface area contributed by atoms with E-state index in [4.69, 9.17) is 5.73 Å². The van der Waals surface area contributed by atoms with Gasteiger partial charge in [-0.2, -0.15) is 0 Å². The summed E-state index contributed by atoms with van der Waals surface area (Å²) < 4.78 is 0. The van der Waals surface area contributed by atoms with E-state index in [2.05, 4.69) is 16.8 Å². The van der Waals surface area contributed by atoms with E-state index >= 15 is 0 Å². The van der Waals surface area contributed by atoms with Crippen LogP contribution >= 0.6 is 0 Å². The maximum Gasteiger partial charge on any atom is 0.191 e. The molecule has 1 saturated heterocycles. The predicted molar refractivity (Wildman–Crippen MR) is 66.5 cm³/mol. The van der Waals surface area contributed by atoms with Gasteiger partial charge in [0, 0.05) is 25.7 Å². The summed E-state index contributed by atoms with van der Waals surface area (Å²) in [4.78, 5) is 8.45. The quantitative estimate of drug-likeness (QED) is 0.512. The molecular formula is C11H24N4O. The highest BCUT2D eigenvalue weighted by Gasteiger charge is 2.32. The minimum absolute atomic E-state index is 0.277. The molecule has 0 radical (unpaired) electrons. The molecule has 0 bridgehead atoms. The fraction of sp³-hybridized carbons (Fsp3) is 0.909. The summed E-state index contributed by atoms with van der Waals surface area (Å²) in [6, 6.07) is 0.283. The lowest BCUT2D eigenvalue weighted by Gasteiger charge is -2.27. The lowest BCUT2D eigenvalue weighted by atomic mass is 10.2. The maximum atomic E-state index is 9.69. The Bertz CT molecular complexity index is 242. The highest BCUT2D eigenvalue weighted by molar-refractivity contribution is 5.78. The molecule has 94 valence electrons. The fourth-order valence-electron chi connectivity index (χ4n) is 2.08. The summed E-state index contributed by atoms with van der Waals surface area (Å²) in [6.45, 7) is 4.34. The molecular weight excluding hydrogens is 204 g/mol. The number of likely N-dealkylation sites (N-methyl/N-ethyl adjacent to an activating group) is 1. The van der Waals surface area contributed by atoms with Crippen molar-refractivity contribution in [1.82, 2.24) is 9.80 Å². The molecule has 3 N–H and O–H groups in total. The van der Waals surface area contributed by atoms with Crippen LogP contribution in [0.25, 0.3) is 0 Å². The molecule has 0 spiro atoms. The molecule has 1 rings (SSSR count). The largest absolute Gasteiger partial charge is 0.391 e. The van der Waals surface area contributed by atoms with Gasteiger partial charge in [-0.25, -0.2) is 0 Å². The van der Waals surface area contributed by atoms with Crippen molar-refractivity contribution in [2.45, 2.75) is 31.9 Å². The van der Waals surface area contributed by atoms with Gasteiger partial charge in [0.1, 0.15) is 0 Å². The Morgan fingerprint density at radius 2 is 2.25 bits per heavy atom. The molecule has 0 aliphatic carbocycles. The summed E-state index contributed by atoms with van der Waals surface area (Å²) in [5.74, 6) is 0.574. The van der Waals surface area contributed by atoms with Crippen LogP contribution in [0.3, 0.4) is 0 Å². The molecule has 1 heterocycles. The molecule has 2 atom stereocenters. The number of rotatable bonds is 4. The Kier molecular flexibility index (Phi) is 5.02. The van der Waals surface area contributed by atoms with Gasteiger partial charge in [-0.1, -0.05) is 6.92 Å². The smallest absolute Gasteiger partial charge is 0.191 e. The zero-order chi connectivity index (χ0) is 12.1. The van der Waals surface area contributed by atoms with E-state index in [1.807, 2.05) is 19.0 Å². The summed E-state index contributed by atoms with van der Waals surface area (Å²) in [5.41, 5.74) is 5.94. The van der Waals surface area contributed by atoms with E-state index in [-0.39, 0.29) is 12.1 Å². The van der Waals surface area contributed by atoms with Crippen molar-refractivity contribution in [3.8, 4) is 0 Å². The van der Waals surface area contributed by atoms with E-state index in [0.717, 1.165) is 25.9 Å². The number of hydrogen-bond acceptors (Lipinski definition) is 3. The van der Waals surface area contributed by atoms with Crippen molar-refractivity contribution in [3.05, 3.63) is 0 Å². The van der Waals surface area contributed by atoms with E-state index in [9.17, 15) is 5.11 Å². The minimum Gasteiger partial charge on any atom is -0.391 e. The van der Waals surface area contributed by atoms with Gasteiger partial charge in [0.05, 0.1) is 6.10 Å². The Hall–Kier alpha value is -0.810. The van der Waals surface area contributed by atoms with Crippen LogP contribution in [0, 0.1) is 0 Å². The third-order valence-electron chi connectivity index (χ3n) is 2.76. The van der Waals surface area contributed by atoms with Gasteiger partial charge in [0.15, 0.2) is 5.96 Å². The number of likely N-dealkylation sites (tertiary alicyclic amines) is 1. The first-order valence-corrected chi connectivity index (χ1v) is 5.94. The van der Waals surface area contributed by atoms with E-state index < -0.39 is 0 Å². The van der Waals surface area contributed by atoms with Crippen molar-refractivity contribution in [1.29, 1.82) is 0 Å². The summed E-state index contributed by atoms with van der Waals surface area (Å²) in [5, 5.41) is 9.69. The maximum absolute atomic E-state index is 9.69. The number of aliphatic hydroxyl groups is 1. The molecule has 0 aromatic carbocycles. The molecule has 0 saturated carbocycles. The van der Waals surface area contributed by atoms with Crippen LogP contribution in [0.15, 0.2) is 4.99 Å². The molecule has 1 aliphatic heterocycles. The van der Waals surface area contributed by atoms with Gasteiger partial charge < -0.3 is 20.6 Å². The molecule has 0 aromatic heterocycles. The average molecular weight is 228 g/mol. The first-order valence-electron chi connectivity index (χ1n) is 5.94. The molecule has 0 amide bonds. The van der Waals surface area contributed by atoms with Crippen molar-refractivity contribution < 1.29 is 5.11 Å². The SMILES string of the molecule is CCCN=C(N)N1CC(O)CC1CN(C)C. The van der Waals surface area contributed by atoms with Gasteiger partial charge >= 0.3 is 0 Å². The number of nitrogens with zero attached hydrogens (tertiary/aromatic N) is 3. The summed E-state index contributed by atoms with van der Waals surface area (Å²) in [7, 11) is 4.06. The van der Waals surface area contributed by atoms with E-state index in [0.29, 0.717) is 12.5 Å². The highest BCUT2D eigenvalue weighted by atomic mass is 16.3. The van der Waals surface area contributed by atoms with Crippen LogP contribution in [0.2, 0.25) is 0 Å². The molecule has 0 aromatic rings. The van der Waals surface area contributed by atoms with Crippen molar-refractivity contribution >= 4 is 5.96 Å². The zero-order valence-corrected chi connectivity index (χ0v) is 10.6. The predicted octanol–water partition coefficient (Wildman–Crippen LogP) is -0.292. The van der Waals surface area contributed by atoms with E-state index in [1.165, 1.54) is 0 Å². The van der Waals surface area contributed by atoms with Gasteiger partial charge in [0.25, 0.3) is 0 Å². The standard InChI is InChI=1S/C11H24N4O/c1-4-5-13-11(12)15-8-10(16)6-9(15)7-14(2)3/h9-10,16H,4-8H2,1-3H3,(H2,12,13). The number of hydrogen-bond donors (Lipinski definition) is 2. The average Bonchev–Trinajstić information content (AvgIpc) is 2.55. The summed E-state index contributed by atoms with van der Waals surface area (Å²) >= 11 is 0. The molecule has 5 heteroatoms. The van der Waals surface area contributed by atoms with Crippen molar-refractivity contribution in [3.63, 3.8) is 0 Å². The normalized spacial score (nSPS) is 26.8. The van der Waals surface area contributed by atoms with Gasteiger partial charge in [-0.05, 0) is 26.9 Å². The van der Waals surface area contributed by atoms with Crippen molar-refractivity contribution in [2.75, 3.05) is 33.7 Å². The van der Waals surface area contributed by atoms with Crippen molar-refractivity contribution in [2.24, 2.45) is 10.7 Å². The summed E-state index contributed by atoms with van der Waals surface area (Å²) in [6.07, 6.45) is 1.50. The molecule has 16 heavy (non-hydrogen) atoms. The second-order valence-corrected chi connectivity index (χ2v) is 4.70. The lowest BCUT2D eigenvalue weighted by Crippen LogP contribution is -2.45. The zero-order valence-electron chi connectivity index (χ0n) is 10.6. The Morgan fingerprint density at radius 1 is 1.56 bits per heavy atom. The number of nitrogens with two attached hydrogens (primary N) is 1. The van der Waals surface area contributed by atoms with Gasteiger partial charge in [0.2, 0.25) is 0 Å². The van der Waals surface area contributed by atoms with Crippen LogP contribution in [0.4, 0.5) is 0 Å². The third-order valence-corrected chi connectivity index (χ3v) is 2.76. The molecule has 1 fully saturated rings. The van der Waals surface area contributed by atoms with Crippen LogP contribution < -0.4 is 5.73 Å². The monoisotopic (exact) mass is 228 g/mol.